The molecule has 2 rings (SSSR count). The summed E-state index contributed by atoms with van der Waals surface area (Å²) in [6.07, 6.45) is -4.59. The quantitative estimate of drug-likeness (QED) is 0.876. The summed E-state index contributed by atoms with van der Waals surface area (Å²) in [5.41, 5.74) is -1.07. The molecule has 1 aromatic rings. The topological polar surface area (TPSA) is 74.6 Å². The van der Waals surface area contributed by atoms with E-state index in [1.807, 2.05) is 0 Å². The van der Waals surface area contributed by atoms with Crippen LogP contribution in [-0.4, -0.2) is 38.9 Å². The predicted molar refractivity (Wildman–Crippen MR) is 78.2 cm³/mol. The zero-order valence-electron chi connectivity index (χ0n) is 11.2. The van der Waals surface area contributed by atoms with Gasteiger partial charge < -0.3 is 10.4 Å². The molecular formula is C12H11ClF3N3O2S. The van der Waals surface area contributed by atoms with Crippen LogP contribution < -0.4 is 5.32 Å². The number of rotatable bonds is 3. The summed E-state index contributed by atoms with van der Waals surface area (Å²) in [7, 11) is 0. The van der Waals surface area contributed by atoms with Crippen LogP contribution in [0.4, 0.5) is 19.0 Å². The molecule has 2 atom stereocenters. The highest BCUT2D eigenvalue weighted by atomic mass is 35.5. The van der Waals surface area contributed by atoms with Crippen LogP contribution in [0.25, 0.3) is 0 Å². The van der Waals surface area contributed by atoms with Gasteiger partial charge in [-0.3, -0.25) is 9.79 Å². The predicted octanol–water partition coefficient (Wildman–Crippen LogP) is 2.59. The number of aliphatic imine (C=N–C) groups is 1. The number of nitrogens with zero attached hydrogens (tertiary/aromatic N) is 2. The number of pyridine rings is 1. The highest BCUT2D eigenvalue weighted by molar-refractivity contribution is 8.15. The molecule has 10 heteroatoms. The van der Waals surface area contributed by atoms with Gasteiger partial charge >= 0.3 is 6.18 Å². The average molecular weight is 354 g/mol. The van der Waals surface area contributed by atoms with Crippen LogP contribution in [0, 0.1) is 0 Å². The third-order valence-electron chi connectivity index (χ3n) is 2.74. The van der Waals surface area contributed by atoms with E-state index in [1.54, 1.807) is 0 Å². The molecule has 1 amide bonds. The van der Waals surface area contributed by atoms with E-state index in [9.17, 15) is 23.1 Å². The number of aromatic nitrogens is 1. The maximum Gasteiger partial charge on any atom is 0.418 e. The van der Waals surface area contributed by atoms with Crippen molar-refractivity contribution in [2.24, 2.45) is 4.99 Å². The van der Waals surface area contributed by atoms with Crippen LogP contribution in [0.5, 0.6) is 0 Å². The van der Waals surface area contributed by atoms with Gasteiger partial charge in [0.25, 0.3) is 0 Å². The number of anilines is 1. The number of carbonyl (C=O) groups is 1. The second-order valence-corrected chi connectivity index (χ2v) is 6.13. The van der Waals surface area contributed by atoms with Crippen molar-refractivity contribution in [3.05, 3.63) is 22.8 Å². The fraction of sp³-hybridized carbons (Fsp3) is 0.417. The van der Waals surface area contributed by atoms with E-state index in [2.05, 4.69) is 15.3 Å². The molecule has 0 bridgehead atoms. The Morgan fingerprint density at radius 2 is 2.27 bits per heavy atom. The van der Waals surface area contributed by atoms with Crippen LogP contribution in [0.3, 0.4) is 0 Å². The Balaban J connectivity index is 2.07. The third kappa shape index (κ3) is 3.90. The molecule has 1 aliphatic rings. The Kier molecular flexibility index (Phi) is 4.98. The van der Waals surface area contributed by atoms with Crippen molar-refractivity contribution < 1.29 is 23.1 Å². The van der Waals surface area contributed by atoms with Crippen LogP contribution in [0.2, 0.25) is 5.02 Å². The Labute approximate surface area is 133 Å². The van der Waals surface area contributed by atoms with Gasteiger partial charge in [0.1, 0.15) is 11.1 Å². The lowest BCUT2D eigenvalue weighted by Crippen LogP contribution is -2.27. The third-order valence-corrected chi connectivity index (χ3v) is 4.40. The lowest BCUT2D eigenvalue weighted by atomic mass is 10.2. The molecule has 22 heavy (non-hydrogen) atoms. The molecule has 0 saturated carbocycles. The summed E-state index contributed by atoms with van der Waals surface area (Å²) in [5, 5.41) is 10.9. The summed E-state index contributed by atoms with van der Waals surface area (Å²) >= 11 is 6.52. The Morgan fingerprint density at radius 1 is 1.59 bits per heavy atom. The van der Waals surface area contributed by atoms with Gasteiger partial charge in [-0.05, 0) is 13.0 Å². The van der Waals surface area contributed by atoms with Gasteiger partial charge in [0.2, 0.25) is 5.91 Å². The van der Waals surface area contributed by atoms with Gasteiger partial charge in [-0.15, -0.1) is 0 Å². The number of aliphatic hydroxyl groups excluding tert-OH is 1. The summed E-state index contributed by atoms with van der Waals surface area (Å²) in [4.78, 5) is 19.6. The summed E-state index contributed by atoms with van der Waals surface area (Å²) in [6.45, 7) is 1.67. The molecular weight excluding hydrogens is 343 g/mol. The minimum absolute atomic E-state index is 0.149. The lowest BCUT2D eigenvalue weighted by Gasteiger charge is -2.13. The summed E-state index contributed by atoms with van der Waals surface area (Å²) < 4.78 is 38.2. The second-order valence-electron chi connectivity index (χ2n) is 4.50. The van der Waals surface area contributed by atoms with E-state index in [0.717, 1.165) is 18.0 Å². The number of aliphatic hydroxyl groups is 1. The van der Waals surface area contributed by atoms with Crippen molar-refractivity contribution in [3.8, 4) is 0 Å². The van der Waals surface area contributed by atoms with Gasteiger partial charge in [0.05, 0.1) is 28.3 Å². The first-order valence-electron chi connectivity index (χ1n) is 6.11. The van der Waals surface area contributed by atoms with Crippen LogP contribution in [0.1, 0.15) is 12.5 Å². The van der Waals surface area contributed by atoms with Crippen molar-refractivity contribution in [1.29, 1.82) is 0 Å². The maximum atomic E-state index is 12.7. The van der Waals surface area contributed by atoms with Crippen molar-refractivity contribution in [3.63, 3.8) is 0 Å². The van der Waals surface area contributed by atoms with Gasteiger partial charge in [-0.2, -0.15) is 13.2 Å². The normalized spacial score (nSPS) is 19.7. The van der Waals surface area contributed by atoms with E-state index in [1.165, 1.54) is 6.92 Å². The fourth-order valence-electron chi connectivity index (χ4n) is 1.69. The van der Waals surface area contributed by atoms with Crippen molar-refractivity contribution in [1.82, 2.24) is 4.98 Å². The molecule has 0 saturated heterocycles. The SMILES string of the molecule is CC(O)C1=NCC(C(=O)Nc2cc(C(F)(F)F)c(Cl)cn2)S1. The van der Waals surface area contributed by atoms with Gasteiger partial charge in [-0.1, -0.05) is 23.4 Å². The van der Waals surface area contributed by atoms with Crippen molar-refractivity contribution >= 4 is 40.1 Å². The van der Waals surface area contributed by atoms with Gasteiger partial charge in [-0.25, -0.2) is 4.98 Å². The first-order valence-corrected chi connectivity index (χ1v) is 7.37. The highest BCUT2D eigenvalue weighted by Gasteiger charge is 2.34. The minimum atomic E-state index is -4.63. The molecule has 1 aromatic heterocycles. The maximum absolute atomic E-state index is 12.7. The Hall–Kier alpha value is -1.32. The number of hydrogen-bond donors (Lipinski definition) is 2. The lowest BCUT2D eigenvalue weighted by molar-refractivity contribution is -0.137. The van der Waals surface area contributed by atoms with E-state index < -0.39 is 34.0 Å². The first kappa shape index (κ1) is 17.0. The fourth-order valence-corrected chi connectivity index (χ4v) is 2.85. The molecule has 120 valence electrons. The Bertz CT molecular complexity index is 622. The second kappa shape index (κ2) is 6.43. The standard InChI is InChI=1S/C12H11ClF3N3O2S/c1-5(20)11-18-4-8(22-11)10(21)19-9-2-6(12(14,15)16)7(13)3-17-9/h2-3,5,8,20H,4H2,1H3,(H,17,19,21). The molecule has 0 radical (unpaired) electrons. The van der Waals surface area contributed by atoms with E-state index >= 15 is 0 Å². The number of halogens is 4. The zero-order chi connectivity index (χ0) is 16.5. The van der Waals surface area contributed by atoms with E-state index in [0.29, 0.717) is 11.1 Å². The molecule has 0 aromatic carbocycles. The average Bonchev–Trinajstić information content (AvgIpc) is 2.89. The van der Waals surface area contributed by atoms with Crippen LogP contribution in [-0.2, 0) is 11.0 Å². The summed E-state index contributed by atoms with van der Waals surface area (Å²) in [6, 6.07) is 0.677. The summed E-state index contributed by atoms with van der Waals surface area (Å²) in [5.74, 6) is -0.778. The Morgan fingerprint density at radius 3 is 2.82 bits per heavy atom. The van der Waals surface area contributed by atoms with Crippen molar-refractivity contribution in [2.75, 3.05) is 11.9 Å². The molecule has 2 N–H and O–H groups in total. The number of nitrogens with one attached hydrogen (secondary N) is 1. The van der Waals surface area contributed by atoms with Crippen molar-refractivity contribution in [2.45, 2.75) is 24.5 Å². The minimum Gasteiger partial charge on any atom is -0.387 e. The van der Waals surface area contributed by atoms with Crippen LogP contribution in [0.15, 0.2) is 17.3 Å². The number of alkyl halides is 3. The highest BCUT2D eigenvalue weighted by Crippen LogP contribution is 2.35. The largest absolute Gasteiger partial charge is 0.418 e. The molecule has 1 aliphatic heterocycles. The first-order chi connectivity index (χ1) is 10.2. The molecule has 2 heterocycles. The molecule has 0 aliphatic carbocycles. The van der Waals surface area contributed by atoms with Gasteiger partial charge in [0.15, 0.2) is 0 Å². The number of hydrogen-bond acceptors (Lipinski definition) is 5. The number of amides is 1. The van der Waals surface area contributed by atoms with E-state index in [4.69, 9.17) is 11.6 Å². The van der Waals surface area contributed by atoms with E-state index in [-0.39, 0.29) is 12.4 Å². The molecule has 2 unspecified atom stereocenters. The molecule has 0 fully saturated rings. The molecule has 0 spiro atoms. The monoisotopic (exact) mass is 353 g/mol. The molecule has 5 nitrogen and oxygen atoms in total. The zero-order valence-corrected chi connectivity index (χ0v) is 12.8. The number of thioether (sulfide) groups is 1. The van der Waals surface area contributed by atoms with Crippen LogP contribution >= 0.6 is 23.4 Å². The number of carbonyl (C=O) groups excluding carboxylic acids is 1. The van der Waals surface area contributed by atoms with Gasteiger partial charge in [0, 0.05) is 6.20 Å². The smallest absolute Gasteiger partial charge is 0.387 e.